The van der Waals surface area contributed by atoms with Crippen molar-refractivity contribution in [3.8, 4) is 5.75 Å². The van der Waals surface area contributed by atoms with Crippen LogP contribution in [0.2, 0.25) is 0 Å². The molecular formula is C33H35F4N3O3. The van der Waals surface area contributed by atoms with Gasteiger partial charge in [-0.05, 0) is 66.8 Å². The molecule has 3 aromatic carbocycles. The minimum absolute atomic E-state index is 0.0155. The molecule has 43 heavy (non-hydrogen) atoms. The van der Waals surface area contributed by atoms with E-state index in [1.165, 1.54) is 17.0 Å². The third-order valence-electron chi connectivity index (χ3n) is 8.92. The molecule has 0 aliphatic carbocycles. The summed E-state index contributed by atoms with van der Waals surface area (Å²) >= 11 is 0. The summed E-state index contributed by atoms with van der Waals surface area (Å²) in [5.74, 6) is -1.80. The lowest BCUT2D eigenvalue weighted by Crippen LogP contribution is -2.63. The summed E-state index contributed by atoms with van der Waals surface area (Å²) in [5, 5.41) is 9.17. The summed E-state index contributed by atoms with van der Waals surface area (Å²) in [4.78, 5) is 16.5. The summed E-state index contributed by atoms with van der Waals surface area (Å²) in [5.41, 5.74) is 2.48. The third kappa shape index (κ3) is 6.35. The number of fused-ring (bicyclic) bond motifs is 1. The fourth-order valence-corrected chi connectivity index (χ4v) is 7.05. The number of carbonyl (C=O) groups is 1. The van der Waals surface area contributed by atoms with Crippen LogP contribution in [0.25, 0.3) is 0 Å². The molecular weight excluding hydrogens is 562 g/mol. The highest BCUT2D eigenvalue weighted by Crippen LogP contribution is 2.44. The summed E-state index contributed by atoms with van der Waals surface area (Å²) in [6.45, 7) is 2.50. The van der Waals surface area contributed by atoms with E-state index in [4.69, 9.17) is 4.74 Å². The molecule has 3 aliphatic heterocycles. The van der Waals surface area contributed by atoms with E-state index in [2.05, 4.69) is 0 Å². The van der Waals surface area contributed by atoms with Crippen molar-refractivity contribution in [3.63, 3.8) is 0 Å². The molecule has 0 saturated carbocycles. The first kappa shape index (κ1) is 29.4. The van der Waals surface area contributed by atoms with Gasteiger partial charge in [0.15, 0.2) is 0 Å². The number of carboxylic acids is 1. The number of hydrogen-bond acceptors (Lipinski definition) is 5. The van der Waals surface area contributed by atoms with Crippen molar-refractivity contribution in [2.24, 2.45) is 5.41 Å². The largest absolute Gasteiger partial charge is 0.489 e. The Balaban J connectivity index is 1.23. The molecule has 3 aliphatic rings. The Hall–Kier alpha value is -3.63. The van der Waals surface area contributed by atoms with Crippen molar-refractivity contribution in [2.75, 3.05) is 50.7 Å². The maximum absolute atomic E-state index is 15.9. The number of anilines is 1. The van der Waals surface area contributed by atoms with Crippen molar-refractivity contribution in [3.05, 3.63) is 94.6 Å². The summed E-state index contributed by atoms with van der Waals surface area (Å²) in [6.07, 6.45) is -0.391. The number of hydrogen-bond donors (Lipinski definition) is 1. The molecule has 1 spiro atoms. The molecule has 0 amide bonds. The molecule has 0 bridgehead atoms. The average molecular weight is 598 g/mol. The molecule has 1 N–H and O–H groups in total. The molecule has 228 valence electrons. The number of carboxylic acid groups (broad SMARTS) is 1. The third-order valence-corrected chi connectivity index (χ3v) is 8.92. The molecule has 0 aromatic heterocycles. The Morgan fingerprint density at radius 3 is 2.44 bits per heavy atom. The molecule has 3 aromatic rings. The van der Waals surface area contributed by atoms with E-state index in [1.807, 2.05) is 46.2 Å². The van der Waals surface area contributed by atoms with E-state index in [-0.39, 0.29) is 24.1 Å². The fourth-order valence-electron chi connectivity index (χ4n) is 7.05. The smallest absolute Gasteiger partial charge is 0.317 e. The Kier molecular flexibility index (Phi) is 8.33. The monoisotopic (exact) mass is 597 g/mol. The first-order chi connectivity index (χ1) is 20.7. The minimum Gasteiger partial charge on any atom is -0.489 e. The van der Waals surface area contributed by atoms with Gasteiger partial charge in [0.25, 0.3) is 6.43 Å². The standard InChI is InChI=1S/C33H35F4N3O3/c34-27-14-24(40-20-33(21-40)10-4-11-38(19-33)17-30(41)42)15-28(35)31(27)32-26-8-7-25(43-18-22-5-2-1-3-6-22)13-23(26)9-12-39(32)16-29(36)37/h1-3,5-8,13-15,29,32H,4,9-12,16-21H2,(H,41,42). The van der Waals surface area contributed by atoms with Crippen LogP contribution in [0.4, 0.5) is 23.2 Å². The second-order valence-corrected chi connectivity index (χ2v) is 12.1. The van der Waals surface area contributed by atoms with E-state index in [1.54, 1.807) is 12.1 Å². The zero-order valence-electron chi connectivity index (χ0n) is 23.8. The highest BCUT2D eigenvalue weighted by Gasteiger charge is 2.46. The molecule has 6 rings (SSSR count). The maximum Gasteiger partial charge on any atom is 0.317 e. The number of ether oxygens (including phenoxy) is 1. The van der Waals surface area contributed by atoms with Crippen molar-refractivity contribution < 1.29 is 32.2 Å². The zero-order chi connectivity index (χ0) is 30.1. The molecule has 1 unspecified atom stereocenters. The van der Waals surface area contributed by atoms with Crippen LogP contribution in [0.15, 0.2) is 60.7 Å². The second kappa shape index (κ2) is 12.2. The van der Waals surface area contributed by atoms with Crippen LogP contribution in [0.3, 0.4) is 0 Å². The Morgan fingerprint density at radius 1 is 1.00 bits per heavy atom. The van der Waals surface area contributed by atoms with Crippen LogP contribution in [0.1, 0.15) is 41.1 Å². The Labute approximate surface area is 248 Å². The van der Waals surface area contributed by atoms with Gasteiger partial charge < -0.3 is 14.7 Å². The lowest BCUT2D eigenvalue weighted by Gasteiger charge is -2.55. The van der Waals surface area contributed by atoms with Gasteiger partial charge in [0.05, 0.1) is 19.1 Å². The molecule has 1 atom stereocenters. The van der Waals surface area contributed by atoms with Crippen molar-refractivity contribution in [2.45, 2.75) is 38.3 Å². The SMILES string of the molecule is O=C(O)CN1CCCC2(C1)CN(c1cc(F)c(C3c4ccc(OCc5ccccc5)cc4CCN3CC(F)F)c(F)c1)C2. The van der Waals surface area contributed by atoms with Crippen molar-refractivity contribution >= 4 is 11.7 Å². The Morgan fingerprint density at radius 2 is 1.74 bits per heavy atom. The summed E-state index contributed by atoms with van der Waals surface area (Å²) in [7, 11) is 0. The number of alkyl halides is 2. The highest BCUT2D eigenvalue weighted by atomic mass is 19.3. The number of benzene rings is 3. The van der Waals surface area contributed by atoms with Crippen LogP contribution < -0.4 is 9.64 Å². The molecule has 2 saturated heterocycles. The lowest BCUT2D eigenvalue weighted by molar-refractivity contribution is -0.139. The van der Waals surface area contributed by atoms with Crippen molar-refractivity contribution in [1.82, 2.24) is 9.80 Å². The van der Waals surface area contributed by atoms with Gasteiger partial charge in [-0.15, -0.1) is 0 Å². The van der Waals surface area contributed by atoms with Crippen molar-refractivity contribution in [1.29, 1.82) is 0 Å². The van der Waals surface area contributed by atoms with Gasteiger partial charge in [0.2, 0.25) is 0 Å². The van der Waals surface area contributed by atoms with Gasteiger partial charge in [-0.1, -0.05) is 36.4 Å². The van der Waals surface area contributed by atoms with Crippen LogP contribution in [-0.2, 0) is 17.8 Å². The second-order valence-electron chi connectivity index (χ2n) is 12.1. The maximum atomic E-state index is 15.9. The molecule has 10 heteroatoms. The molecule has 0 radical (unpaired) electrons. The fraction of sp³-hybridized carbons (Fsp3) is 0.424. The van der Waals surface area contributed by atoms with E-state index in [0.717, 1.165) is 30.5 Å². The normalized spacial score (nSPS) is 20.2. The number of piperidine rings is 1. The van der Waals surface area contributed by atoms with Crippen LogP contribution >= 0.6 is 0 Å². The van der Waals surface area contributed by atoms with Crippen LogP contribution in [-0.4, -0.2) is 73.1 Å². The highest BCUT2D eigenvalue weighted by molar-refractivity contribution is 5.69. The first-order valence-electron chi connectivity index (χ1n) is 14.7. The number of likely N-dealkylation sites (tertiary alicyclic amines) is 1. The first-order valence-corrected chi connectivity index (χ1v) is 14.7. The number of rotatable bonds is 9. The predicted octanol–water partition coefficient (Wildman–Crippen LogP) is 5.74. The van der Waals surface area contributed by atoms with Gasteiger partial charge in [-0.25, -0.2) is 17.6 Å². The van der Waals surface area contributed by atoms with E-state index < -0.39 is 36.6 Å². The van der Waals surface area contributed by atoms with Gasteiger partial charge in [-0.3, -0.25) is 14.6 Å². The minimum atomic E-state index is -2.66. The number of halogens is 4. The summed E-state index contributed by atoms with van der Waals surface area (Å²) < 4.78 is 64.9. The van der Waals surface area contributed by atoms with Gasteiger partial charge >= 0.3 is 5.97 Å². The van der Waals surface area contributed by atoms with Crippen LogP contribution in [0, 0.1) is 17.0 Å². The molecule has 6 nitrogen and oxygen atoms in total. The molecule has 3 heterocycles. The summed E-state index contributed by atoms with van der Waals surface area (Å²) in [6, 6.07) is 16.6. The quantitative estimate of drug-likeness (QED) is 0.318. The number of nitrogens with zero attached hydrogens (tertiary/aromatic N) is 3. The van der Waals surface area contributed by atoms with Crippen LogP contribution in [0.5, 0.6) is 5.75 Å². The Bertz CT molecular complexity index is 1440. The lowest BCUT2D eigenvalue weighted by atomic mass is 9.73. The average Bonchev–Trinajstić information content (AvgIpc) is 2.95. The molecule has 2 fully saturated rings. The zero-order valence-corrected chi connectivity index (χ0v) is 23.8. The van der Waals surface area contributed by atoms with E-state index >= 15 is 8.78 Å². The topological polar surface area (TPSA) is 56.3 Å². The number of aliphatic carboxylic acids is 1. The van der Waals surface area contributed by atoms with E-state index in [0.29, 0.717) is 49.7 Å². The van der Waals surface area contributed by atoms with Gasteiger partial charge in [0.1, 0.15) is 24.0 Å². The van der Waals surface area contributed by atoms with Gasteiger partial charge in [0, 0.05) is 42.8 Å². The van der Waals surface area contributed by atoms with Gasteiger partial charge in [-0.2, -0.15) is 0 Å². The van der Waals surface area contributed by atoms with E-state index in [9.17, 15) is 18.7 Å². The predicted molar refractivity (Wildman–Crippen MR) is 155 cm³/mol.